The molecular formula is C45H60N2O13. The Morgan fingerprint density at radius 2 is 1.63 bits per heavy atom. The fraction of sp³-hybridized carbons (Fsp3) is 0.556. The number of amides is 2. The summed E-state index contributed by atoms with van der Waals surface area (Å²) in [4.78, 5) is 55.5. The summed E-state index contributed by atoms with van der Waals surface area (Å²) in [6.07, 6.45) is 7.37. The van der Waals surface area contributed by atoms with Gasteiger partial charge in [-0.25, -0.2) is 0 Å². The van der Waals surface area contributed by atoms with Crippen LogP contribution in [-0.4, -0.2) is 106 Å². The van der Waals surface area contributed by atoms with Crippen molar-refractivity contribution < 1.29 is 63.3 Å². The minimum atomic E-state index is -2.02. The Hall–Kier alpha value is -5.12. The number of carbonyl (C=O) groups excluding carboxylic acids is 4. The number of aliphatic hydroxyl groups is 2. The number of anilines is 1. The molecule has 0 radical (unpaired) electrons. The second kappa shape index (κ2) is 18.7. The Labute approximate surface area is 351 Å². The Morgan fingerprint density at radius 3 is 2.27 bits per heavy atom. The molecule has 328 valence electrons. The van der Waals surface area contributed by atoms with Crippen molar-refractivity contribution >= 4 is 40.0 Å². The van der Waals surface area contributed by atoms with Crippen LogP contribution in [0.4, 0.5) is 5.69 Å². The van der Waals surface area contributed by atoms with Gasteiger partial charge in [0.2, 0.25) is 0 Å². The van der Waals surface area contributed by atoms with Crippen molar-refractivity contribution in [2.24, 2.45) is 23.7 Å². The molecule has 5 N–H and O–H groups in total. The van der Waals surface area contributed by atoms with Crippen LogP contribution in [0.2, 0.25) is 0 Å². The number of phenols is 2. The predicted molar refractivity (Wildman–Crippen MR) is 223 cm³/mol. The minimum absolute atomic E-state index is 0.0487. The van der Waals surface area contributed by atoms with Crippen LogP contribution in [0, 0.1) is 30.6 Å². The number of nitrogens with one attached hydrogen (secondary N) is 1. The summed E-state index contributed by atoms with van der Waals surface area (Å²) in [7, 11) is 3.15. The first kappa shape index (κ1) is 46.0. The smallest absolute Gasteiger partial charge is 0.312 e. The van der Waals surface area contributed by atoms with Gasteiger partial charge in [0.15, 0.2) is 12.4 Å². The zero-order valence-electron chi connectivity index (χ0n) is 36.1. The maximum atomic E-state index is 14.5. The van der Waals surface area contributed by atoms with Crippen LogP contribution in [0.25, 0.3) is 10.8 Å². The molecule has 1 saturated carbocycles. The number of carbonyl (C=O) groups is 4. The van der Waals surface area contributed by atoms with Crippen LogP contribution in [0.3, 0.4) is 0 Å². The lowest BCUT2D eigenvalue weighted by atomic mass is 9.78. The summed E-state index contributed by atoms with van der Waals surface area (Å²) in [5.41, 5.74) is 0.0258. The van der Waals surface area contributed by atoms with Crippen LogP contribution in [0.15, 0.2) is 42.2 Å². The third-order valence-corrected chi connectivity index (χ3v) is 12.4. The molecule has 0 aromatic heterocycles. The second-order valence-corrected chi connectivity index (χ2v) is 16.6. The topological polar surface area (TPSA) is 211 Å². The minimum Gasteiger partial charge on any atom is -0.507 e. The first-order valence-electron chi connectivity index (χ1n) is 20.5. The summed E-state index contributed by atoms with van der Waals surface area (Å²) in [5.74, 6) is -7.91. The monoisotopic (exact) mass is 836 g/mol. The molecule has 3 aliphatic heterocycles. The number of rotatable bonds is 6. The van der Waals surface area contributed by atoms with Gasteiger partial charge >= 0.3 is 11.8 Å². The molecule has 2 aromatic carbocycles. The fourth-order valence-corrected chi connectivity index (χ4v) is 8.48. The Balaban J connectivity index is 1.66. The van der Waals surface area contributed by atoms with Crippen LogP contribution >= 0.6 is 0 Å². The molecule has 2 aromatic rings. The number of likely N-dealkylation sites (N-methyl/N-ethyl adjacent to an activating group) is 1. The Bertz CT molecular complexity index is 2070. The van der Waals surface area contributed by atoms with Gasteiger partial charge in [0.05, 0.1) is 41.2 Å². The molecule has 60 heavy (non-hydrogen) atoms. The highest BCUT2D eigenvalue weighted by Crippen LogP contribution is 2.54. The van der Waals surface area contributed by atoms with E-state index in [1.807, 2.05) is 0 Å². The molecule has 4 aliphatic rings. The van der Waals surface area contributed by atoms with E-state index in [0.717, 1.165) is 25.7 Å². The molecule has 0 saturated heterocycles. The van der Waals surface area contributed by atoms with E-state index in [9.17, 15) is 39.6 Å². The third-order valence-electron chi connectivity index (χ3n) is 12.4. The SMILES string of the molecule is CO[C@H]1/C=C/O[C@@]2(C)Oc3c(C)c(O)c4c(O)c(cc(OCC(=O)N(C)C5CCCC5)c4c3C2=O)NC(=O)/C(C)=C\C=C\[C@H](C)[C@H](O)[C@@H](C)[C@@H](O)[C@@H](C)[C@H](OC(C)=O)[C@@H]1C. The van der Waals surface area contributed by atoms with E-state index in [-0.39, 0.29) is 56.6 Å². The molecule has 0 unspecified atom stereocenters. The number of allylic oxidation sites excluding steroid dienone is 2. The number of aromatic hydroxyl groups is 2. The molecule has 1 aliphatic carbocycles. The molecule has 15 heteroatoms. The quantitative estimate of drug-likeness (QED) is 0.172. The lowest BCUT2D eigenvalue weighted by Gasteiger charge is -2.38. The average molecular weight is 837 g/mol. The molecule has 3 heterocycles. The standard InChI is InChI=1S/C45H60N2O13/c1-22-14-13-15-23(2)44(55)46-30-20-32(57-21-33(49)47(9)29-16-11-12-17-29)34-35(40(30)53)39(52)27(6)42-36(34)43(54)45(8,60-42)58-19-18-31(56-10)24(3)41(59-28(7)48)26(5)38(51)25(4)37(22)50/h13-15,18-20,22,24-26,29,31,37-38,41,50-53H,11-12,16-17,21H2,1-10H3,(H,46,55)/b14-13+,19-18+,23-15-/t22-,24+,25+,26+,31-,37-,38+,41+,45-/m0/s1. The van der Waals surface area contributed by atoms with E-state index in [2.05, 4.69) is 5.32 Å². The summed E-state index contributed by atoms with van der Waals surface area (Å²) < 4.78 is 29.9. The van der Waals surface area contributed by atoms with E-state index in [0.29, 0.717) is 0 Å². The number of benzene rings is 2. The zero-order valence-corrected chi connectivity index (χ0v) is 36.1. The van der Waals surface area contributed by atoms with Gasteiger partial charge in [-0.2, -0.15) is 0 Å². The molecule has 2 amide bonds. The van der Waals surface area contributed by atoms with Crippen molar-refractivity contribution in [2.45, 2.75) is 117 Å². The molecular weight excluding hydrogens is 776 g/mol. The number of phenolic OH excluding ortho intramolecular Hbond substituents is 2. The van der Waals surface area contributed by atoms with Gasteiger partial charge in [-0.05, 0) is 32.8 Å². The van der Waals surface area contributed by atoms with Gasteiger partial charge in [-0.15, -0.1) is 0 Å². The van der Waals surface area contributed by atoms with Crippen molar-refractivity contribution in [1.29, 1.82) is 0 Å². The molecule has 0 spiro atoms. The van der Waals surface area contributed by atoms with Gasteiger partial charge in [0, 0.05) is 80.3 Å². The zero-order chi connectivity index (χ0) is 44.4. The van der Waals surface area contributed by atoms with E-state index in [1.165, 1.54) is 59.3 Å². The number of nitrogens with zero attached hydrogens (tertiary/aromatic N) is 1. The van der Waals surface area contributed by atoms with Gasteiger partial charge in [-0.3, -0.25) is 19.2 Å². The van der Waals surface area contributed by atoms with Crippen LogP contribution in [0.1, 0.15) is 90.1 Å². The number of esters is 1. The normalized spacial score (nSPS) is 31.2. The molecule has 15 nitrogen and oxygen atoms in total. The molecule has 5 bridgehead atoms. The van der Waals surface area contributed by atoms with Crippen molar-refractivity contribution in [3.8, 4) is 23.0 Å². The number of ether oxygens (including phenoxy) is 5. The summed E-state index contributed by atoms with van der Waals surface area (Å²) in [6.45, 7) is 12.1. The number of methoxy groups -OCH3 is 1. The Kier molecular flexibility index (Phi) is 14.3. The average Bonchev–Trinajstić information content (AvgIpc) is 3.85. The first-order chi connectivity index (χ1) is 28.2. The van der Waals surface area contributed by atoms with Crippen molar-refractivity contribution in [3.05, 3.63) is 53.3 Å². The van der Waals surface area contributed by atoms with Crippen molar-refractivity contribution in [2.75, 3.05) is 26.1 Å². The van der Waals surface area contributed by atoms with Crippen molar-refractivity contribution in [3.63, 3.8) is 0 Å². The van der Waals surface area contributed by atoms with Gasteiger partial charge in [0.1, 0.15) is 23.4 Å². The highest BCUT2D eigenvalue weighted by atomic mass is 16.7. The third kappa shape index (κ3) is 9.13. The van der Waals surface area contributed by atoms with Gasteiger partial charge < -0.3 is 54.3 Å². The van der Waals surface area contributed by atoms with E-state index in [4.69, 9.17) is 23.7 Å². The molecule has 1 fully saturated rings. The molecule has 6 rings (SSSR count). The highest BCUT2D eigenvalue weighted by Gasteiger charge is 2.50. The number of fused-ring (bicyclic) bond motifs is 14. The van der Waals surface area contributed by atoms with Crippen LogP contribution in [0.5, 0.6) is 23.0 Å². The fourth-order valence-electron chi connectivity index (χ4n) is 8.48. The largest absolute Gasteiger partial charge is 0.507 e. The highest BCUT2D eigenvalue weighted by molar-refractivity contribution is 6.21. The number of hydrogen-bond donors (Lipinski definition) is 5. The summed E-state index contributed by atoms with van der Waals surface area (Å²) >= 11 is 0. The molecule has 9 atom stereocenters. The summed E-state index contributed by atoms with van der Waals surface area (Å²) in [5, 5.41) is 48.6. The lowest BCUT2D eigenvalue weighted by Crippen LogP contribution is -2.46. The van der Waals surface area contributed by atoms with Crippen LogP contribution < -0.4 is 14.8 Å². The lowest BCUT2D eigenvalue weighted by molar-refractivity contribution is -0.160. The van der Waals surface area contributed by atoms with Gasteiger partial charge in [-0.1, -0.05) is 58.8 Å². The van der Waals surface area contributed by atoms with E-state index in [1.54, 1.807) is 51.8 Å². The number of ketones is 1. The van der Waals surface area contributed by atoms with Crippen molar-refractivity contribution in [1.82, 2.24) is 4.90 Å². The second-order valence-electron chi connectivity index (χ2n) is 16.6. The number of Topliss-reactive ketones (excluding diaryl/α,β-unsaturated/α-hetero) is 1. The maximum absolute atomic E-state index is 14.5. The van der Waals surface area contributed by atoms with Crippen LogP contribution in [-0.2, 0) is 28.6 Å². The Morgan fingerprint density at radius 1 is 0.967 bits per heavy atom. The number of aliphatic hydroxyl groups excluding tert-OH is 2. The van der Waals surface area contributed by atoms with E-state index >= 15 is 0 Å². The van der Waals surface area contributed by atoms with Gasteiger partial charge in [0.25, 0.3) is 17.6 Å². The summed E-state index contributed by atoms with van der Waals surface area (Å²) in [6, 6.07) is 1.34. The predicted octanol–water partition coefficient (Wildman–Crippen LogP) is 5.83. The van der Waals surface area contributed by atoms with E-state index < -0.39 is 89.6 Å². The number of hydrogen-bond acceptors (Lipinski definition) is 13. The maximum Gasteiger partial charge on any atom is 0.312 e. The first-order valence-corrected chi connectivity index (χ1v) is 20.5.